The molecule has 0 fully saturated rings. The van der Waals surface area contributed by atoms with Crippen molar-refractivity contribution in [3.05, 3.63) is 47.3 Å². The molecule has 0 saturated heterocycles. The minimum atomic E-state index is -3.74. The lowest BCUT2D eigenvalue weighted by Gasteiger charge is -2.06. The molecule has 0 saturated carbocycles. The number of aromatic amines is 1. The molecule has 0 atom stereocenters. The molecule has 0 aliphatic rings. The average Bonchev–Trinajstić information content (AvgIpc) is 2.83. The summed E-state index contributed by atoms with van der Waals surface area (Å²) in [7, 11) is -3.74. The Hall–Kier alpha value is -1.44. The molecule has 0 bridgehead atoms. The molecule has 1 aromatic heterocycles. The number of nitrogens with one attached hydrogen (secondary N) is 2. The fraction of sp³-hybridized carbons (Fsp3) is 0.100. The SMILES string of the molecule is O=S(=O)(NCc1ncc[nH]1)c1ccc(F)c(Cl)c1. The van der Waals surface area contributed by atoms with Gasteiger partial charge in [0.1, 0.15) is 11.6 Å². The second-order valence-corrected chi connectivity index (χ2v) is 5.61. The highest BCUT2D eigenvalue weighted by molar-refractivity contribution is 7.89. The highest BCUT2D eigenvalue weighted by Crippen LogP contribution is 2.19. The van der Waals surface area contributed by atoms with E-state index in [1.165, 1.54) is 6.20 Å². The molecule has 0 unspecified atom stereocenters. The Balaban J connectivity index is 2.17. The zero-order valence-corrected chi connectivity index (χ0v) is 10.6. The monoisotopic (exact) mass is 289 g/mol. The van der Waals surface area contributed by atoms with Crippen LogP contribution in [0, 0.1) is 5.82 Å². The lowest BCUT2D eigenvalue weighted by atomic mass is 10.3. The molecule has 0 radical (unpaired) electrons. The maximum atomic E-state index is 12.9. The summed E-state index contributed by atoms with van der Waals surface area (Å²) in [5, 5.41) is -0.240. The van der Waals surface area contributed by atoms with Gasteiger partial charge in [-0.15, -0.1) is 0 Å². The number of sulfonamides is 1. The van der Waals surface area contributed by atoms with Gasteiger partial charge in [-0.3, -0.25) is 0 Å². The molecule has 8 heteroatoms. The van der Waals surface area contributed by atoms with Crippen LogP contribution in [-0.2, 0) is 16.6 Å². The van der Waals surface area contributed by atoms with E-state index in [1.54, 1.807) is 6.20 Å². The summed E-state index contributed by atoms with van der Waals surface area (Å²) in [5.41, 5.74) is 0. The van der Waals surface area contributed by atoms with E-state index in [4.69, 9.17) is 11.6 Å². The molecule has 2 aromatic rings. The molecule has 5 nitrogen and oxygen atoms in total. The molecule has 0 spiro atoms. The Kier molecular flexibility index (Phi) is 3.65. The largest absolute Gasteiger partial charge is 0.347 e. The third-order valence-corrected chi connectivity index (χ3v) is 3.87. The van der Waals surface area contributed by atoms with Crippen molar-refractivity contribution < 1.29 is 12.8 Å². The number of nitrogens with zero attached hydrogens (tertiary/aromatic N) is 1. The van der Waals surface area contributed by atoms with Gasteiger partial charge < -0.3 is 4.98 Å². The van der Waals surface area contributed by atoms with E-state index in [0.717, 1.165) is 18.2 Å². The van der Waals surface area contributed by atoms with Crippen LogP contribution in [0.3, 0.4) is 0 Å². The molecule has 0 aliphatic heterocycles. The molecule has 1 aromatic carbocycles. The van der Waals surface area contributed by atoms with Gasteiger partial charge in [0, 0.05) is 12.4 Å². The summed E-state index contributed by atoms with van der Waals surface area (Å²) >= 11 is 5.53. The van der Waals surface area contributed by atoms with Crippen molar-refractivity contribution in [2.24, 2.45) is 0 Å². The van der Waals surface area contributed by atoms with Gasteiger partial charge in [0.25, 0.3) is 0 Å². The fourth-order valence-electron chi connectivity index (χ4n) is 1.29. The van der Waals surface area contributed by atoms with Crippen molar-refractivity contribution in [3.8, 4) is 0 Å². The van der Waals surface area contributed by atoms with Crippen molar-refractivity contribution >= 4 is 21.6 Å². The zero-order valence-electron chi connectivity index (χ0n) is 9.02. The summed E-state index contributed by atoms with van der Waals surface area (Å²) in [6.07, 6.45) is 3.09. The number of hydrogen-bond acceptors (Lipinski definition) is 3. The molecule has 1 heterocycles. The van der Waals surface area contributed by atoms with Gasteiger partial charge in [0.2, 0.25) is 10.0 Å². The predicted molar refractivity (Wildman–Crippen MR) is 64.0 cm³/mol. The molecule has 18 heavy (non-hydrogen) atoms. The number of rotatable bonds is 4. The van der Waals surface area contributed by atoms with Crippen LogP contribution < -0.4 is 4.72 Å². The Labute approximate surface area is 108 Å². The highest BCUT2D eigenvalue weighted by Gasteiger charge is 2.15. The van der Waals surface area contributed by atoms with Crippen molar-refractivity contribution in [2.45, 2.75) is 11.4 Å². The third kappa shape index (κ3) is 2.87. The van der Waals surface area contributed by atoms with Gasteiger partial charge in [-0.05, 0) is 18.2 Å². The van der Waals surface area contributed by atoms with Crippen LogP contribution in [-0.4, -0.2) is 18.4 Å². The van der Waals surface area contributed by atoms with E-state index in [2.05, 4.69) is 14.7 Å². The highest BCUT2D eigenvalue weighted by atomic mass is 35.5. The first-order valence-electron chi connectivity index (χ1n) is 4.92. The lowest BCUT2D eigenvalue weighted by molar-refractivity contribution is 0.578. The number of benzene rings is 1. The van der Waals surface area contributed by atoms with Gasteiger partial charge in [-0.2, -0.15) is 0 Å². The Morgan fingerprint density at radius 3 is 2.83 bits per heavy atom. The topological polar surface area (TPSA) is 74.8 Å². The summed E-state index contributed by atoms with van der Waals surface area (Å²) in [6, 6.07) is 3.21. The van der Waals surface area contributed by atoms with Crippen molar-refractivity contribution in [3.63, 3.8) is 0 Å². The quantitative estimate of drug-likeness (QED) is 0.899. The van der Waals surface area contributed by atoms with Crippen LogP contribution >= 0.6 is 11.6 Å². The summed E-state index contributed by atoms with van der Waals surface area (Å²) in [5.74, 6) is -0.187. The smallest absolute Gasteiger partial charge is 0.241 e. The fourth-order valence-corrected chi connectivity index (χ4v) is 2.54. The van der Waals surface area contributed by atoms with Crippen LogP contribution in [0.25, 0.3) is 0 Å². The molecule has 2 N–H and O–H groups in total. The van der Waals surface area contributed by atoms with Crippen molar-refractivity contribution in [1.82, 2.24) is 14.7 Å². The van der Waals surface area contributed by atoms with Crippen LogP contribution in [0.4, 0.5) is 4.39 Å². The predicted octanol–water partition coefficient (Wildman–Crippen LogP) is 1.68. The maximum absolute atomic E-state index is 12.9. The number of aromatic nitrogens is 2. The normalized spacial score (nSPS) is 11.7. The number of hydrogen-bond donors (Lipinski definition) is 2. The Morgan fingerprint density at radius 1 is 1.44 bits per heavy atom. The van der Waals surface area contributed by atoms with Crippen LogP contribution in [0.15, 0.2) is 35.5 Å². The number of halogens is 2. The van der Waals surface area contributed by atoms with Crippen LogP contribution in [0.1, 0.15) is 5.82 Å². The minimum Gasteiger partial charge on any atom is -0.347 e. The van der Waals surface area contributed by atoms with Gasteiger partial charge in [-0.25, -0.2) is 22.5 Å². The molecule has 2 rings (SSSR count). The van der Waals surface area contributed by atoms with Crippen molar-refractivity contribution in [2.75, 3.05) is 0 Å². The van der Waals surface area contributed by atoms with E-state index in [9.17, 15) is 12.8 Å². The van der Waals surface area contributed by atoms with E-state index in [1.807, 2.05) is 0 Å². The molecular weight excluding hydrogens is 281 g/mol. The van der Waals surface area contributed by atoms with Gasteiger partial charge in [-0.1, -0.05) is 11.6 Å². The number of imidazole rings is 1. The van der Waals surface area contributed by atoms with Crippen LogP contribution in [0.5, 0.6) is 0 Å². The maximum Gasteiger partial charge on any atom is 0.241 e. The number of H-pyrrole nitrogens is 1. The molecule has 96 valence electrons. The van der Waals surface area contributed by atoms with Gasteiger partial charge in [0.05, 0.1) is 16.5 Å². The zero-order chi connectivity index (χ0) is 13.2. The Bertz CT molecular complexity index is 643. The van der Waals surface area contributed by atoms with Gasteiger partial charge >= 0.3 is 0 Å². The second-order valence-electron chi connectivity index (χ2n) is 3.44. The van der Waals surface area contributed by atoms with E-state index >= 15 is 0 Å². The first-order valence-corrected chi connectivity index (χ1v) is 6.78. The third-order valence-electron chi connectivity index (χ3n) is 2.19. The molecule has 0 aliphatic carbocycles. The van der Waals surface area contributed by atoms with Gasteiger partial charge in [0.15, 0.2) is 0 Å². The Morgan fingerprint density at radius 2 is 2.22 bits per heavy atom. The second kappa shape index (κ2) is 5.05. The minimum absolute atomic E-state index is 0.0182. The van der Waals surface area contributed by atoms with Crippen molar-refractivity contribution in [1.29, 1.82) is 0 Å². The van der Waals surface area contributed by atoms with E-state index in [-0.39, 0.29) is 16.5 Å². The lowest BCUT2D eigenvalue weighted by Crippen LogP contribution is -2.23. The van der Waals surface area contributed by atoms with E-state index in [0.29, 0.717) is 5.82 Å². The summed E-state index contributed by atoms with van der Waals surface area (Å²) in [6.45, 7) is 0.0182. The summed E-state index contributed by atoms with van der Waals surface area (Å²) < 4.78 is 39.0. The molecule has 0 amide bonds. The standard InChI is InChI=1S/C10H9ClFN3O2S/c11-8-5-7(1-2-9(8)12)18(16,17)15-6-10-13-3-4-14-10/h1-5,15H,6H2,(H,13,14). The van der Waals surface area contributed by atoms with Crippen LogP contribution in [0.2, 0.25) is 5.02 Å². The average molecular weight is 290 g/mol. The first kappa shape index (κ1) is 13.0. The van der Waals surface area contributed by atoms with E-state index < -0.39 is 15.8 Å². The first-order chi connectivity index (χ1) is 8.49. The molecular formula is C10H9ClFN3O2S. The summed E-state index contributed by atoms with van der Waals surface area (Å²) in [4.78, 5) is 6.54.